The van der Waals surface area contributed by atoms with Crippen molar-refractivity contribution in [2.75, 3.05) is 37.9 Å². The van der Waals surface area contributed by atoms with Crippen LogP contribution in [0, 0.1) is 0 Å². The number of methoxy groups -OCH3 is 1. The molecule has 7 heteroatoms. The molecule has 1 aromatic rings. The van der Waals surface area contributed by atoms with Gasteiger partial charge in [0.15, 0.2) is 16.8 Å². The third kappa shape index (κ3) is 3.01. The van der Waals surface area contributed by atoms with Gasteiger partial charge in [0.25, 0.3) is 0 Å². The van der Waals surface area contributed by atoms with Gasteiger partial charge < -0.3 is 20.5 Å². The molecule has 18 heavy (non-hydrogen) atoms. The van der Waals surface area contributed by atoms with E-state index in [0.717, 1.165) is 19.4 Å². The van der Waals surface area contributed by atoms with Gasteiger partial charge in [-0.25, -0.2) is 9.97 Å². The second-order valence-corrected chi connectivity index (χ2v) is 4.41. The van der Waals surface area contributed by atoms with E-state index in [9.17, 15) is 0 Å². The first-order chi connectivity index (χ1) is 8.72. The lowest BCUT2D eigenvalue weighted by Crippen LogP contribution is -2.14. The normalized spacial score (nSPS) is 19.1. The molecular weight excluding hydrogens is 256 g/mol. The van der Waals surface area contributed by atoms with E-state index in [4.69, 9.17) is 26.8 Å². The van der Waals surface area contributed by atoms with Crippen LogP contribution in [0.1, 0.15) is 24.8 Å². The zero-order chi connectivity index (χ0) is 13.0. The topological polar surface area (TPSA) is 82.3 Å². The highest BCUT2D eigenvalue weighted by Gasteiger charge is 2.22. The number of halogens is 1. The number of ether oxygens (including phenoxy) is 2. The Bertz CT molecular complexity index is 410. The lowest BCUT2D eigenvalue weighted by molar-refractivity contribution is 0.105. The van der Waals surface area contributed by atoms with Gasteiger partial charge in [-0.2, -0.15) is 0 Å². The van der Waals surface area contributed by atoms with Crippen LogP contribution in [0.4, 0.5) is 11.5 Å². The molecule has 1 aliphatic rings. The molecule has 0 aliphatic carbocycles. The molecule has 3 N–H and O–H groups in total. The Morgan fingerprint density at radius 1 is 1.56 bits per heavy atom. The number of hydrogen-bond acceptors (Lipinski definition) is 6. The third-order valence-electron chi connectivity index (χ3n) is 2.73. The van der Waals surface area contributed by atoms with Gasteiger partial charge in [-0.3, -0.25) is 0 Å². The van der Waals surface area contributed by atoms with Gasteiger partial charge in [0.1, 0.15) is 11.8 Å². The molecule has 0 bridgehead atoms. The zero-order valence-corrected chi connectivity index (χ0v) is 11.0. The van der Waals surface area contributed by atoms with E-state index < -0.39 is 0 Å². The monoisotopic (exact) mass is 272 g/mol. The summed E-state index contributed by atoms with van der Waals surface area (Å²) in [5.74, 6) is 1.13. The molecule has 2 heterocycles. The average molecular weight is 273 g/mol. The Balaban J connectivity index is 2.16. The standard InChI is InChI=1S/C11H17ClN4O2/c1-17-6-4-14-11-8(13)9(12)15-10(16-11)7-3-2-5-18-7/h7H,2-6,13H2,1H3,(H,14,15,16). The van der Waals surface area contributed by atoms with E-state index in [1.165, 1.54) is 0 Å². The highest BCUT2D eigenvalue weighted by atomic mass is 35.5. The Morgan fingerprint density at radius 2 is 2.39 bits per heavy atom. The van der Waals surface area contributed by atoms with Crippen LogP contribution in [0.25, 0.3) is 0 Å². The molecule has 0 saturated carbocycles. The van der Waals surface area contributed by atoms with Crippen molar-refractivity contribution in [3.05, 3.63) is 11.0 Å². The molecule has 1 aliphatic heterocycles. The summed E-state index contributed by atoms with van der Waals surface area (Å²) in [6.07, 6.45) is 1.85. The minimum Gasteiger partial charge on any atom is -0.393 e. The summed E-state index contributed by atoms with van der Waals surface area (Å²) in [6, 6.07) is 0. The van der Waals surface area contributed by atoms with Crippen LogP contribution < -0.4 is 11.1 Å². The number of nitrogen functional groups attached to an aromatic ring is 1. The van der Waals surface area contributed by atoms with Gasteiger partial charge in [-0.1, -0.05) is 11.6 Å². The van der Waals surface area contributed by atoms with Crippen LogP contribution in [-0.2, 0) is 9.47 Å². The molecule has 1 aromatic heterocycles. The zero-order valence-electron chi connectivity index (χ0n) is 10.3. The Morgan fingerprint density at radius 3 is 3.06 bits per heavy atom. The van der Waals surface area contributed by atoms with E-state index in [-0.39, 0.29) is 11.3 Å². The molecule has 100 valence electrons. The van der Waals surface area contributed by atoms with Gasteiger partial charge >= 0.3 is 0 Å². The Hall–Kier alpha value is -1.11. The summed E-state index contributed by atoms with van der Waals surface area (Å²) < 4.78 is 10.5. The van der Waals surface area contributed by atoms with Gasteiger partial charge in [0, 0.05) is 20.3 Å². The van der Waals surface area contributed by atoms with Gasteiger partial charge in [-0.05, 0) is 12.8 Å². The maximum absolute atomic E-state index is 6.01. The van der Waals surface area contributed by atoms with Crippen molar-refractivity contribution in [2.24, 2.45) is 0 Å². The molecule has 0 spiro atoms. The van der Waals surface area contributed by atoms with E-state index in [2.05, 4.69) is 15.3 Å². The van der Waals surface area contributed by atoms with Crippen LogP contribution in [-0.4, -0.2) is 36.8 Å². The maximum Gasteiger partial charge on any atom is 0.161 e. The summed E-state index contributed by atoms with van der Waals surface area (Å²) in [6.45, 7) is 1.91. The first kappa shape index (κ1) is 13.3. The number of hydrogen-bond donors (Lipinski definition) is 2. The minimum atomic E-state index is -0.0777. The van der Waals surface area contributed by atoms with E-state index >= 15 is 0 Å². The fourth-order valence-corrected chi connectivity index (χ4v) is 1.97. The molecule has 0 amide bonds. The second kappa shape index (κ2) is 6.17. The first-order valence-electron chi connectivity index (χ1n) is 5.89. The van der Waals surface area contributed by atoms with Gasteiger partial charge in [0.2, 0.25) is 0 Å². The van der Waals surface area contributed by atoms with E-state index in [0.29, 0.717) is 30.5 Å². The molecule has 0 aromatic carbocycles. The summed E-state index contributed by atoms with van der Waals surface area (Å²) in [4.78, 5) is 8.55. The molecule has 2 rings (SSSR count). The van der Waals surface area contributed by atoms with E-state index in [1.54, 1.807) is 7.11 Å². The summed E-state index contributed by atoms with van der Waals surface area (Å²) in [5.41, 5.74) is 6.19. The summed E-state index contributed by atoms with van der Waals surface area (Å²) in [5, 5.41) is 3.34. The molecule has 1 atom stereocenters. The number of nitrogens with one attached hydrogen (secondary N) is 1. The van der Waals surface area contributed by atoms with Crippen LogP contribution in [0.15, 0.2) is 0 Å². The SMILES string of the molecule is COCCNc1nc(C2CCCO2)nc(Cl)c1N. The number of rotatable bonds is 5. The van der Waals surface area contributed by atoms with Crippen molar-refractivity contribution in [3.63, 3.8) is 0 Å². The van der Waals surface area contributed by atoms with Crippen molar-refractivity contribution in [1.82, 2.24) is 9.97 Å². The van der Waals surface area contributed by atoms with Crippen molar-refractivity contribution in [1.29, 1.82) is 0 Å². The number of aromatic nitrogens is 2. The fraction of sp³-hybridized carbons (Fsp3) is 0.636. The molecular formula is C11H17ClN4O2. The minimum absolute atomic E-state index is 0.0777. The average Bonchev–Trinajstić information content (AvgIpc) is 2.88. The van der Waals surface area contributed by atoms with Gasteiger partial charge in [-0.15, -0.1) is 0 Å². The van der Waals surface area contributed by atoms with Crippen LogP contribution >= 0.6 is 11.6 Å². The van der Waals surface area contributed by atoms with Crippen molar-refractivity contribution >= 4 is 23.1 Å². The number of nitrogens with two attached hydrogens (primary N) is 1. The fourth-order valence-electron chi connectivity index (χ4n) is 1.79. The summed E-state index contributed by atoms with van der Waals surface area (Å²) >= 11 is 6.01. The van der Waals surface area contributed by atoms with Crippen molar-refractivity contribution in [3.8, 4) is 0 Å². The lowest BCUT2D eigenvalue weighted by atomic mass is 10.2. The van der Waals surface area contributed by atoms with Gasteiger partial charge in [0.05, 0.1) is 6.61 Å². The van der Waals surface area contributed by atoms with Crippen LogP contribution in [0.2, 0.25) is 5.15 Å². The first-order valence-corrected chi connectivity index (χ1v) is 6.27. The van der Waals surface area contributed by atoms with Crippen LogP contribution in [0.5, 0.6) is 0 Å². The third-order valence-corrected chi connectivity index (χ3v) is 3.02. The second-order valence-electron chi connectivity index (χ2n) is 4.06. The highest BCUT2D eigenvalue weighted by molar-refractivity contribution is 6.32. The number of anilines is 2. The molecule has 1 unspecified atom stereocenters. The Labute approximate surface area is 111 Å². The molecule has 0 radical (unpaired) electrons. The van der Waals surface area contributed by atoms with Crippen molar-refractivity contribution in [2.45, 2.75) is 18.9 Å². The number of nitrogens with zero attached hydrogens (tertiary/aromatic N) is 2. The maximum atomic E-state index is 6.01. The van der Waals surface area contributed by atoms with E-state index in [1.807, 2.05) is 0 Å². The molecule has 1 saturated heterocycles. The smallest absolute Gasteiger partial charge is 0.161 e. The van der Waals surface area contributed by atoms with Crippen LogP contribution in [0.3, 0.4) is 0 Å². The molecule has 1 fully saturated rings. The predicted molar refractivity (Wildman–Crippen MR) is 69.7 cm³/mol. The quantitative estimate of drug-likeness (QED) is 0.626. The summed E-state index contributed by atoms with van der Waals surface area (Å²) in [7, 11) is 1.63. The lowest BCUT2D eigenvalue weighted by Gasteiger charge is -2.13. The Kier molecular flexibility index (Phi) is 4.57. The highest BCUT2D eigenvalue weighted by Crippen LogP contribution is 2.31. The predicted octanol–water partition coefficient (Wildman–Crippen LogP) is 1.62. The largest absolute Gasteiger partial charge is 0.393 e. The van der Waals surface area contributed by atoms with Crippen molar-refractivity contribution < 1.29 is 9.47 Å². The molecule has 6 nitrogen and oxygen atoms in total.